The van der Waals surface area contributed by atoms with E-state index in [1.165, 1.54) is 12.1 Å². The maximum Gasteiger partial charge on any atom is 0.148 e. The molecule has 2 aliphatic heterocycles. The number of hydrogen-bond acceptors (Lipinski definition) is 3. The maximum absolute atomic E-state index is 15.1. The fourth-order valence-corrected chi connectivity index (χ4v) is 5.73. The zero-order valence-corrected chi connectivity index (χ0v) is 21.2. The van der Waals surface area contributed by atoms with Crippen LogP contribution in [-0.4, -0.2) is 34.2 Å². The number of ether oxygens (including phenoxy) is 1. The molecule has 1 atom stereocenters. The Hall–Kier alpha value is -2.77. The highest BCUT2D eigenvalue weighted by molar-refractivity contribution is 6.30. The highest BCUT2D eigenvalue weighted by atomic mass is 35.5. The normalized spacial score (nSPS) is 21.3. The Labute approximate surface area is 219 Å². The van der Waals surface area contributed by atoms with Crippen LogP contribution in [0, 0.1) is 11.2 Å². The van der Waals surface area contributed by atoms with Gasteiger partial charge in [0.25, 0.3) is 0 Å². The standard InChI is InChI=1S/C29H29ClF3N3O/c30-20-4-5-22(24(32)14-20)26-15-25(33)23-3-1-2-21(28(23)37-26)19-6-11-35(12-7-19)16-27-34-10-13-36(27)18-29(17-31)8-9-29/h1-5,10,13-15,19,26H,6-9,11-12,16-18H2/t26-/m1/s1. The molecule has 4 nitrogen and oxygen atoms in total. The average Bonchev–Trinajstić information content (AvgIpc) is 3.55. The van der Waals surface area contributed by atoms with Crippen LogP contribution in [-0.2, 0) is 13.1 Å². The first-order valence-electron chi connectivity index (χ1n) is 12.9. The molecule has 2 fully saturated rings. The lowest BCUT2D eigenvalue weighted by Gasteiger charge is -2.34. The second-order valence-electron chi connectivity index (χ2n) is 10.6. The van der Waals surface area contributed by atoms with Gasteiger partial charge in [-0.1, -0.05) is 29.8 Å². The van der Waals surface area contributed by atoms with Gasteiger partial charge in [-0.25, -0.2) is 13.8 Å². The first-order chi connectivity index (χ1) is 17.9. The Morgan fingerprint density at radius 2 is 1.89 bits per heavy atom. The Balaban J connectivity index is 1.15. The molecule has 37 heavy (non-hydrogen) atoms. The zero-order chi connectivity index (χ0) is 25.6. The van der Waals surface area contributed by atoms with Crippen molar-refractivity contribution < 1.29 is 17.9 Å². The van der Waals surface area contributed by atoms with Gasteiger partial charge in [0.2, 0.25) is 0 Å². The van der Waals surface area contributed by atoms with Gasteiger partial charge in [-0.2, -0.15) is 0 Å². The number of likely N-dealkylation sites (tertiary alicyclic amines) is 1. The van der Waals surface area contributed by atoms with Crippen LogP contribution in [0.1, 0.15) is 60.2 Å². The summed E-state index contributed by atoms with van der Waals surface area (Å²) in [5.74, 6) is 0.742. The summed E-state index contributed by atoms with van der Waals surface area (Å²) in [6, 6.07) is 9.90. The SMILES string of the molecule is FCC1(Cn2ccnc2CN2CCC(c3cccc4c3O[C@@H](c3ccc(Cl)cc3F)C=C4F)CC2)CC1. The number of imidazole rings is 1. The molecule has 0 N–H and O–H groups in total. The van der Waals surface area contributed by atoms with E-state index in [2.05, 4.69) is 14.5 Å². The highest BCUT2D eigenvalue weighted by Crippen LogP contribution is 2.48. The van der Waals surface area contributed by atoms with Crippen molar-refractivity contribution >= 4 is 17.4 Å². The molecule has 1 aliphatic carbocycles. The second-order valence-corrected chi connectivity index (χ2v) is 11.0. The molecule has 0 bridgehead atoms. The van der Waals surface area contributed by atoms with E-state index in [1.54, 1.807) is 24.4 Å². The molecule has 3 heterocycles. The number of hydrogen-bond donors (Lipinski definition) is 0. The molecule has 3 aromatic rings. The fraction of sp³-hybridized carbons (Fsp3) is 0.414. The fourth-order valence-electron chi connectivity index (χ4n) is 5.57. The lowest BCUT2D eigenvalue weighted by atomic mass is 9.86. The van der Waals surface area contributed by atoms with Crippen LogP contribution >= 0.6 is 11.6 Å². The van der Waals surface area contributed by atoms with E-state index in [1.807, 2.05) is 18.3 Å². The first-order valence-corrected chi connectivity index (χ1v) is 13.2. The molecule has 0 amide bonds. The molecule has 194 valence electrons. The van der Waals surface area contributed by atoms with E-state index in [0.717, 1.165) is 56.7 Å². The van der Waals surface area contributed by atoms with Crippen LogP contribution in [0.2, 0.25) is 5.02 Å². The number of benzene rings is 2. The Bertz CT molecular complexity index is 1330. The van der Waals surface area contributed by atoms with Gasteiger partial charge in [0.15, 0.2) is 0 Å². The topological polar surface area (TPSA) is 30.3 Å². The van der Waals surface area contributed by atoms with Gasteiger partial charge in [-0.15, -0.1) is 0 Å². The van der Waals surface area contributed by atoms with Crippen LogP contribution in [0.3, 0.4) is 0 Å². The molecule has 1 saturated carbocycles. The number of halogens is 4. The second kappa shape index (κ2) is 9.84. The Morgan fingerprint density at radius 3 is 2.62 bits per heavy atom. The van der Waals surface area contributed by atoms with Crippen LogP contribution in [0.15, 0.2) is 54.9 Å². The number of piperidine rings is 1. The number of rotatable bonds is 7. The summed E-state index contributed by atoms with van der Waals surface area (Å²) in [5.41, 5.74) is 1.44. The van der Waals surface area contributed by atoms with E-state index >= 15 is 4.39 Å². The van der Waals surface area contributed by atoms with E-state index in [-0.39, 0.29) is 28.6 Å². The third-order valence-corrected chi connectivity index (χ3v) is 8.29. The molecular formula is C29H29ClF3N3O. The third kappa shape index (κ3) is 4.91. The van der Waals surface area contributed by atoms with E-state index in [9.17, 15) is 8.78 Å². The Morgan fingerprint density at radius 1 is 1.08 bits per heavy atom. The van der Waals surface area contributed by atoms with E-state index < -0.39 is 17.7 Å². The van der Waals surface area contributed by atoms with Gasteiger partial charge in [0.1, 0.15) is 29.3 Å². The van der Waals surface area contributed by atoms with Gasteiger partial charge in [-0.05, 0) is 74.5 Å². The summed E-state index contributed by atoms with van der Waals surface area (Å²) >= 11 is 5.90. The first kappa shape index (κ1) is 24.6. The molecular weight excluding hydrogens is 499 g/mol. The summed E-state index contributed by atoms with van der Waals surface area (Å²) < 4.78 is 51.5. The van der Waals surface area contributed by atoms with Crippen molar-refractivity contribution in [3.8, 4) is 5.75 Å². The highest BCUT2D eigenvalue weighted by Gasteiger charge is 2.43. The van der Waals surface area contributed by atoms with Gasteiger partial charge in [-0.3, -0.25) is 9.29 Å². The minimum atomic E-state index is -0.857. The quantitative estimate of drug-likeness (QED) is 0.324. The van der Waals surface area contributed by atoms with Crippen molar-refractivity contribution in [2.24, 2.45) is 5.41 Å². The monoisotopic (exact) mass is 527 g/mol. The predicted octanol–water partition coefficient (Wildman–Crippen LogP) is 7.25. The molecule has 3 aliphatic rings. The van der Waals surface area contributed by atoms with Gasteiger partial charge < -0.3 is 9.30 Å². The number of aromatic nitrogens is 2. The van der Waals surface area contributed by atoms with Crippen LogP contribution in [0.4, 0.5) is 13.2 Å². The minimum absolute atomic E-state index is 0.189. The molecule has 0 unspecified atom stereocenters. The average molecular weight is 528 g/mol. The van der Waals surface area contributed by atoms with Gasteiger partial charge >= 0.3 is 0 Å². The van der Waals surface area contributed by atoms with E-state index in [0.29, 0.717) is 17.9 Å². The summed E-state index contributed by atoms with van der Waals surface area (Å²) in [6.07, 6.45) is 7.87. The van der Waals surface area contributed by atoms with Crippen LogP contribution < -0.4 is 4.74 Å². The maximum atomic E-state index is 15.1. The molecule has 1 aromatic heterocycles. The van der Waals surface area contributed by atoms with Crippen molar-refractivity contribution in [3.05, 3.63) is 88.2 Å². The van der Waals surface area contributed by atoms with Gasteiger partial charge in [0.05, 0.1) is 18.8 Å². The van der Waals surface area contributed by atoms with Crippen molar-refractivity contribution in [2.45, 2.75) is 50.8 Å². The van der Waals surface area contributed by atoms with Crippen molar-refractivity contribution in [1.82, 2.24) is 14.5 Å². The Kier molecular flexibility index (Phi) is 6.53. The van der Waals surface area contributed by atoms with Crippen molar-refractivity contribution in [3.63, 3.8) is 0 Å². The molecule has 1 saturated heterocycles. The summed E-state index contributed by atoms with van der Waals surface area (Å²) in [5, 5.41) is 0.284. The van der Waals surface area contributed by atoms with Crippen molar-refractivity contribution in [1.29, 1.82) is 0 Å². The summed E-state index contributed by atoms with van der Waals surface area (Å²) in [6.45, 7) is 2.87. The molecule has 2 aromatic carbocycles. The lowest BCUT2D eigenvalue weighted by Crippen LogP contribution is -2.34. The predicted molar refractivity (Wildman–Crippen MR) is 137 cm³/mol. The molecule has 6 rings (SSSR count). The third-order valence-electron chi connectivity index (χ3n) is 8.05. The largest absolute Gasteiger partial charge is 0.480 e. The molecule has 0 radical (unpaired) electrons. The summed E-state index contributed by atoms with van der Waals surface area (Å²) in [4.78, 5) is 6.91. The van der Waals surface area contributed by atoms with Crippen LogP contribution in [0.5, 0.6) is 5.75 Å². The number of nitrogens with zero attached hydrogens (tertiary/aromatic N) is 3. The number of para-hydroxylation sites is 1. The summed E-state index contributed by atoms with van der Waals surface area (Å²) in [7, 11) is 0. The lowest BCUT2D eigenvalue weighted by molar-refractivity contribution is 0.190. The van der Waals surface area contributed by atoms with Crippen molar-refractivity contribution in [2.75, 3.05) is 19.8 Å². The molecule has 8 heteroatoms. The minimum Gasteiger partial charge on any atom is -0.480 e. The number of alkyl halides is 1. The zero-order valence-electron chi connectivity index (χ0n) is 20.5. The van der Waals surface area contributed by atoms with Gasteiger partial charge in [0, 0.05) is 34.9 Å². The molecule has 0 spiro atoms. The number of fused-ring (bicyclic) bond motifs is 1. The smallest absolute Gasteiger partial charge is 0.148 e. The van der Waals surface area contributed by atoms with E-state index in [4.69, 9.17) is 16.3 Å². The van der Waals surface area contributed by atoms with Crippen LogP contribution in [0.25, 0.3) is 5.83 Å².